The quantitative estimate of drug-likeness (QED) is 0.268. The summed E-state index contributed by atoms with van der Waals surface area (Å²) in [7, 11) is 0.129. The first-order valence-corrected chi connectivity index (χ1v) is 11.5. The predicted molar refractivity (Wildman–Crippen MR) is 108 cm³/mol. The molecule has 0 saturated carbocycles. The monoisotopic (exact) mass is 395 g/mol. The second kappa shape index (κ2) is 17.7. The molecule has 0 aliphatic rings. The van der Waals surface area contributed by atoms with E-state index in [1.165, 1.54) is 64.7 Å². The van der Waals surface area contributed by atoms with Crippen LogP contribution in [-0.2, 0) is 19.6 Å². The summed E-state index contributed by atoms with van der Waals surface area (Å²) < 4.78 is 32.2. The Morgan fingerprint density at radius 3 is 1.65 bits per heavy atom. The summed E-state index contributed by atoms with van der Waals surface area (Å²) >= 11 is 0. The minimum absolute atomic E-state index is 0.106. The molecule has 26 heavy (non-hydrogen) atoms. The highest BCUT2D eigenvalue weighted by Gasteiger charge is 2.15. The van der Waals surface area contributed by atoms with Crippen LogP contribution in [0.5, 0.6) is 0 Å². The fourth-order valence-corrected chi connectivity index (χ4v) is 2.09. The number of carbonyl (C=O) groups excluding carboxylic acids is 1. The van der Waals surface area contributed by atoms with E-state index in [0.29, 0.717) is 6.61 Å². The Morgan fingerprint density at radius 2 is 1.31 bits per heavy atom. The molecule has 0 aliphatic carbocycles. The van der Waals surface area contributed by atoms with Gasteiger partial charge in [0.15, 0.2) is 0 Å². The Kier molecular flexibility index (Phi) is 18.8. The molecule has 0 aliphatic heterocycles. The van der Waals surface area contributed by atoms with E-state index in [2.05, 4.69) is 6.92 Å². The van der Waals surface area contributed by atoms with E-state index in [1.807, 2.05) is 25.9 Å². The summed E-state index contributed by atoms with van der Waals surface area (Å²) in [6.45, 7) is 6.08. The first kappa shape index (κ1) is 27.6. The fraction of sp³-hybridized carbons (Fsp3) is 0.947. The largest absolute Gasteiger partial charge is 0.465 e. The molecule has 0 aromatic rings. The Hall–Kier alpha value is -0.660. The minimum Gasteiger partial charge on any atom is -0.465 e. The topological polar surface area (TPSA) is 83.9 Å². The van der Waals surface area contributed by atoms with Gasteiger partial charge in [0, 0.05) is 0 Å². The van der Waals surface area contributed by atoms with Gasteiger partial charge in [0.05, 0.1) is 12.4 Å². The second-order valence-electron chi connectivity index (χ2n) is 6.86. The third kappa shape index (κ3) is 21.4. The molecule has 0 fully saturated rings. The van der Waals surface area contributed by atoms with Gasteiger partial charge < -0.3 is 4.74 Å². The first-order valence-electron chi connectivity index (χ1n) is 9.93. The number of ether oxygens (including phenoxy) is 1. The van der Waals surface area contributed by atoms with Gasteiger partial charge in [-0.25, -0.2) is 0 Å². The fourth-order valence-electron chi connectivity index (χ4n) is 2.09. The molecule has 0 aromatic carbocycles. The van der Waals surface area contributed by atoms with Crippen molar-refractivity contribution in [2.45, 2.75) is 91.0 Å². The van der Waals surface area contributed by atoms with Crippen molar-refractivity contribution in [3.8, 4) is 0 Å². The molecule has 0 radical (unpaired) electrons. The van der Waals surface area contributed by atoms with E-state index < -0.39 is 10.1 Å². The summed E-state index contributed by atoms with van der Waals surface area (Å²) in [5, 5.41) is 0. The number of nitrogens with zero attached hydrogens (tertiary/aromatic N) is 1. The molecule has 0 amide bonds. The average Bonchev–Trinajstić information content (AvgIpc) is 2.58. The minimum atomic E-state index is -3.66. The number of unbranched alkanes of at least 4 members (excludes halogenated alkanes) is 9. The zero-order valence-corrected chi connectivity index (χ0v) is 18.3. The zero-order valence-electron chi connectivity index (χ0n) is 17.5. The van der Waals surface area contributed by atoms with Gasteiger partial charge in [-0.15, -0.1) is 0 Å². The lowest BCUT2D eigenvalue weighted by Crippen LogP contribution is -2.34. The lowest BCUT2D eigenvalue weighted by atomic mass is 10.1. The Balaban J connectivity index is 0. The van der Waals surface area contributed by atoms with Crippen LogP contribution in [0.25, 0.3) is 0 Å². The van der Waals surface area contributed by atoms with Crippen LogP contribution >= 0.6 is 0 Å². The highest BCUT2D eigenvalue weighted by atomic mass is 32.2. The maximum absolute atomic E-state index is 11.6. The van der Waals surface area contributed by atoms with Gasteiger partial charge in [-0.2, -0.15) is 8.42 Å². The van der Waals surface area contributed by atoms with Crippen molar-refractivity contribution < 1.29 is 22.5 Å². The van der Waals surface area contributed by atoms with Gasteiger partial charge in [-0.05, 0) is 34.4 Å². The molecule has 0 saturated heterocycles. The van der Waals surface area contributed by atoms with E-state index in [4.69, 9.17) is 9.29 Å². The smallest absolute Gasteiger partial charge is 0.323 e. The highest BCUT2D eigenvalue weighted by Crippen LogP contribution is 2.10. The van der Waals surface area contributed by atoms with Crippen molar-refractivity contribution in [3.63, 3.8) is 0 Å². The number of carbonyl (C=O) groups is 1. The van der Waals surface area contributed by atoms with Gasteiger partial charge in [0.2, 0.25) is 0 Å². The van der Waals surface area contributed by atoms with Crippen LogP contribution < -0.4 is 0 Å². The van der Waals surface area contributed by atoms with Crippen LogP contribution in [0.4, 0.5) is 0 Å². The van der Waals surface area contributed by atoms with Crippen LogP contribution in [0, 0.1) is 0 Å². The predicted octanol–water partition coefficient (Wildman–Crippen LogP) is 4.29. The first-order chi connectivity index (χ1) is 12.2. The molecule has 158 valence electrons. The van der Waals surface area contributed by atoms with Crippen molar-refractivity contribution in [3.05, 3.63) is 0 Å². The summed E-state index contributed by atoms with van der Waals surface area (Å²) in [5.74, 6) is -0.307. The van der Waals surface area contributed by atoms with E-state index in [-0.39, 0.29) is 17.8 Å². The molecule has 1 unspecified atom stereocenters. The number of likely N-dealkylation sites (N-methyl/N-ethyl adjacent to an activating group) is 1. The molecule has 1 atom stereocenters. The van der Waals surface area contributed by atoms with Gasteiger partial charge in [0.1, 0.15) is 6.04 Å². The maximum atomic E-state index is 11.6. The third-order valence-corrected chi connectivity index (χ3v) is 4.95. The zero-order chi connectivity index (χ0) is 20.4. The standard InChI is InChI=1S/C17H35NO2.C2H6O3S/c1-5-6-7-8-9-10-11-12-13-14-15-20-17(19)16(2)18(3)4;1-2-6(3,4)5/h16H,5-15H2,1-4H3;2H2,1H3,(H,3,4,5). The number of rotatable bonds is 14. The van der Waals surface area contributed by atoms with Crippen molar-refractivity contribution in [2.24, 2.45) is 0 Å². The van der Waals surface area contributed by atoms with Crippen LogP contribution in [0.3, 0.4) is 0 Å². The molecule has 6 nitrogen and oxygen atoms in total. The number of esters is 1. The lowest BCUT2D eigenvalue weighted by Gasteiger charge is -2.17. The maximum Gasteiger partial charge on any atom is 0.323 e. The summed E-state index contributed by atoms with van der Waals surface area (Å²) in [4.78, 5) is 13.5. The summed E-state index contributed by atoms with van der Waals surface area (Å²) in [6.07, 6.45) is 13.0. The third-order valence-electron chi connectivity index (χ3n) is 4.22. The molecule has 7 heteroatoms. The second-order valence-corrected chi connectivity index (χ2v) is 8.60. The SMILES string of the molecule is CCCCCCCCCCCCOC(=O)C(C)N(C)C.CCS(=O)(=O)O. The molecule has 0 rings (SSSR count). The van der Waals surface area contributed by atoms with Crippen LogP contribution in [0.1, 0.15) is 85.0 Å². The van der Waals surface area contributed by atoms with Gasteiger partial charge in [-0.3, -0.25) is 14.2 Å². The van der Waals surface area contributed by atoms with Crippen LogP contribution in [0.15, 0.2) is 0 Å². The molecule has 0 bridgehead atoms. The Labute approximate surface area is 161 Å². The highest BCUT2D eigenvalue weighted by molar-refractivity contribution is 7.85. The molecule has 0 heterocycles. The van der Waals surface area contributed by atoms with Crippen molar-refractivity contribution >= 4 is 16.1 Å². The van der Waals surface area contributed by atoms with E-state index in [1.54, 1.807) is 0 Å². The number of hydrogen-bond acceptors (Lipinski definition) is 5. The van der Waals surface area contributed by atoms with Gasteiger partial charge >= 0.3 is 5.97 Å². The van der Waals surface area contributed by atoms with Crippen LogP contribution in [-0.4, -0.2) is 56.3 Å². The Bertz CT molecular complexity index is 424. The summed E-state index contributed by atoms with van der Waals surface area (Å²) in [5.41, 5.74) is 0. The molecule has 0 spiro atoms. The molecular formula is C19H41NO5S. The van der Waals surface area contributed by atoms with Gasteiger partial charge in [0.25, 0.3) is 10.1 Å². The lowest BCUT2D eigenvalue weighted by molar-refractivity contribution is -0.148. The van der Waals surface area contributed by atoms with E-state index >= 15 is 0 Å². The van der Waals surface area contributed by atoms with E-state index in [0.717, 1.165) is 6.42 Å². The van der Waals surface area contributed by atoms with Crippen molar-refractivity contribution in [2.75, 3.05) is 26.5 Å². The van der Waals surface area contributed by atoms with Crippen molar-refractivity contribution in [1.29, 1.82) is 0 Å². The van der Waals surface area contributed by atoms with Gasteiger partial charge in [-0.1, -0.05) is 64.7 Å². The summed E-state index contributed by atoms with van der Waals surface area (Å²) in [6, 6.07) is -0.141. The molecular weight excluding hydrogens is 354 g/mol. The van der Waals surface area contributed by atoms with Crippen LogP contribution in [0.2, 0.25) is 0 Å². The average molecular weight is 396 g/mol. The molecule has 0 aromatic heterocycles. The Morgan fingerprint density at radius 1 is 0.923 bits per heavy atom. The number of hydrogen-bond donors (Lipinski definition) is 1. The van der Waals surface area contributed by atoms with E-state index in [9.17, 15) is 13.2 Å². The normalized spacial score (nSPS) is 12.4. The molecule has 1 N–H and O–H groups in total. The van der Waals surface area contributed by atoms with Crippen molar-refractivity contribution in [1.82, 2.24) is 4.90 Å².